The number of rotatable bonds is 7. The molecule has 3 rings (SSSR count). The molecule has 0 aliphatic heterocycles. The average molecular weight is 334 g/mol. The summed E-state index contributed by atoms with van der Waals surface area (Å²) in [4.78, 5) is 22.7. The van der Waals surface area contributed by atoms with Gasteiger partial charge >= 0.3 is 0 Å². The van der Waals surface area contributed by atoms with E-state index >= 15 is 0 Å². The Hall–Kier alpha value is -1.73. The summed E-state index contributed by atoms with van der Waals surface area (Å²) >= 11 is 1.43. The number of carbonyl (C=O) groups excluding carboxylic acids is 1. The first kappa shape index (κ1) is 16.1. The van der Waals surface area contributed by atoms with E-state index in [-0.39, 0.29) is 11.9 Å². The number of amides is 1. The van der Waals surface area contributed by atoms with Gasteiger partial charge in [0.05, 0.1) is 22.9 Å². The van der Waals surface area contributed by atoms with Crippen molar-refractivity contribution in [3.8, 4) is 0 Å². The number of hydrogen-bond donors (Lipinski definition) is 2. The third-order valence-corrected chi connectivity index (χ3v) is 5.25. The lowest BCUT2D eigenvalue weighted by Crippen LogP contribution is -2.25. The van der Waals surface area contributed by atoms with Gasteiger partial charge in [0, 0.05) is 13.2 Å². The fourth-order valence-electron chi connectivity index (χ4n) is 2.53. The zero-order valence-electron chi connectivity index (χ0n) is 13.7. The monoisotopic (exact) mass is 334 g/mol. The van der Waals surface area contributed by atoms with Crippen LogP contribution in [-0.2, 0) is 4.74 Å². The van der Waals surface area contributed by atoms with Crippen molar-refractivity contribution in [2.24, 2.45) is 0 Å². The normalized spacial score (nSPS) is 15.6. The SMILES string of the molecule is CC[C@H](COC)Nc1ncnc2sc(C(=O)NC3CC3)c(C)c12. The smallest absolute Gasteiger partial charge is 0.261 e. The maximum absolute atomic E-state index is 12.4. The number of hydrogen-bond acceptors (Lipinski definition) is 6. The van der Waals surface area contributed by atoms with Gasteiger partial charge in [0.15, 0.2) is 0 Å². The molecule has 0 aromatic carbocycles. The molecule has 0 spiro atoms. The second-order valence-corrected chi connectivity index (χ2v) is 6.91. The fraction of sp³-hybridized carbons (Fsp3) is 0.562. The largest absolute Gasteiger partial charge is 0.383 e. The van der Waals surface area contributed by atoms with Gasteiger partial charge in [-0.25, -0.2) is 9.97 Å². The molecular weight excluding hydrogens is 312 g/mol. The molecule has 1 atom stereocenters. The molecule has 7 heteroatoms. The maximum Gasteiger partial charge on any atom is 0.261 e. The van der Waals surface area contributed by atoms with Crippen molar-refractivity contribution in [1.29, 1.82) is 0 Å². The lowest BCUT2D eigenvalue weighted by atomic mass is 10.1. The van der Waals surface area contributed by atoms with Crippen molar-refractivity contribution in [1.82, 2.24) is 15.3 Å². The zero-order chi connectivity index (χ0) is 16.4. The average Bonchev–Trinajstić information content (AvgIpc) is 3.28. The van der Waals surface area contributed by atoms with Gasteiger partial charge in [-0.1, -0.05) is 6.92 Å². The summed E-state index contributed by atoms with van der Waals surface area (Å²) < 4.78 is 5.24. The number of aryl methyl sites for hydroxylation is 1. The van der Waals surface area contributed by atoms with E-state index in [0.717, 1.165) is 45.7 Å². The van der Waals surface area contributed by atoms with Gasteiger partial charge in [-0.15, -0.1) is 11.3 Å². The molecule has 0 saturated heterocycles. The van der Waals surface area contributed by atoms with Crippen LogP contribution in [0.1, 0.15) is 41.4 Å². The molecule has 1 aliphatic carbocycles. The molecule has 0 unspecified atom stereocenters. The van der Waals surface area contributed by atoms with Gasteiger partial charge in [-0.3, -0.25) is 4.79 Å². The summed E-state index contributed by atoms with van der Waals surface area (Å²) in [6, 6.07) is 0.531. The van der Waals surface area contributed by atoms with Crippen molar-refractivity contribution in [2.45, 2.75) is 45.2 Å². The highest BCUT2D eigenvalue weighted by Crippen LogP contribution is 2.34. The molecule has 124 valence electrons. The number of anilines is 1. The lowest BCUT2D eigenvalue weighted by Gasteiger charge is -2.17. The summed E-state index contributed by atoms with van der Waals surface area (Å²) in [5.74, 6) is 0.779. The molecule has 2 aromatic rings. The molecule has 1 aliphatic rings. The minimum absolute atomic E-state index is 0.00267. The quantitative estimate of drug-likeness (QED) is 0.814. The number of nitrogens with one attached hydrogen (secondary N) is 2. The third kappa shape index (κ3) is 3.45. The van der Waals surface area contributed by atoms with Gasteiger partial charge in [-0.2, -0.15) is 0 Å². The Bertz CT molecular complexity index is 711. The summed E-state index contributed by atoms with van der Waals surface area (Å²) in [5, 5.41) is 7.40. The Morgan fingerprint density at radius 1 is 1.48 bits per heavy atom. The molecule has 0 bridgehead atoms. The van der Waals surface area contributed by atoms with Gasteiger partial charge in [-0.05, 0) is 31.7 Å². The van der Waals surface area contributed by atoms with Crippen LogP contribution in [0.2, 0.25) is 0 Å². The predicted molar refractivity (Wildman–Crippen MR) is 92.2 cm³/mol. The number of nitrogens with zero attached hydrogens (tertiary/aromatic N) is 2. The van der Waals surface area contributed by atoms with Crippen LogP contribution in [0, 0.1) is 6.92 Å². The number of ether oxygens (including phenoxy) is 1. The molecule has 23 heavy (non-hydrogen) atoms. The molecule has 0 radical (unpaired) electrons. The van der Waals surface area contributed by atoms with E-state index in [2.05, 4.69) is 27.5 Å². The fourth-order valence-corrected chi connectivity index (χ4v) is 3.58. The topological polar surface area (TPSA) is 76.1 Å². The first-order valence-corrected chi connectivity index (χ1v) is 8.76. The van der Waals surface area contributed by atoms with E-state index in [0.29, 0.717) is 12.6 Å². The molecule has 6 nitrogen and oxygen atoms in total. The Kier molecular flexibility index (Phi) is 4.77. The van der Waals surface area contributed by atoms with Crippen LogP contribution in [0.25, 0.3) is 10.2 Å². The number of fused-ring (bicyclic) bond motifs is 1. The number of thiophene rings is 1. The summed E-state index contributed by atoms with van der Waals surface area (Å²) in [6.45, 7) is 4.68. The Morgan fingerprint density at radius 3 is 2.91 bits per heavy atom. The molecule has 2 aromatic heterocycles. The first-order valence-electron chi connectivity index (χ1n) is 7.94. The van der Waals surface area contributed by atoms with E-state index < -0.39 is 0 Å². The van der Waals surface area contributed by atoms with Crippen molar-refractivity contribution >= 4 is 33.3 Å². The standard InChI is InChI=1S/C16H22N4O2S/c1-4-10(7-22-3)19-14-12-9(2)13(15(21)20-11-5-6-11)23-16(12)18-8-17-14/h8,10-11H,4-7H2,1-3H3,(H,20,21)(H,17,18,19)/t10-/m1/s1. The Labute approximate surface area is 139 Å². The van der Waals surface area contributed by atoms with Crippen molar-refractivity contribution < 1.29 is 9.53 Å². The minimum Gasteiger partial charge on any atom is -0.383 e. The van der Waals surface area contributed by atoms with E-state index in [1.165, 1.54) is 11.3 Å². The number of aromatic nitrogens is 2. The van der Waals surface area contributed by atoms with E-state index in [4.69, 9.17) is 4.74 Å². The Morgan fingerprint density at radius 2 is 2.26 bits per heavy atom. The molecule has 1 amide bonds. The second-order valence-electron chi connectivity index (χ2n) is 5.91. The van der Waals surface area contributed by atoms with Gasteiger partial charge in [0.1, 0.15) is 17.0 Å². The van der Waals surface area contributed by atoms with E-state index in [1.807, 2.05) is 6.92 Å². The molecule has 2 heterocycles. The van der Waals surface area contributed by atoms with Crippen LogP contribution in [0.5, 0.6) is 0 Å². The van der Waals surface area contributed by atoms with Crippen molar-refractivity contribution in [3.05, 3.63) is 16.8 Å². The maximum atomic E-state index is 12.4. The molecule has 1 saturated carbocycles. The van der Waals surface area contributed by atoms with Crippen LogP contribution < -0.4 is 10.6 Å². The van der Waals surface area contributed by atoms with Gasteiger partial charge in [0.2, 0.25) is 0 Å². The number of carbonyl (C=O) groups is 1. The van der Waals surface area contributed by atoms with Crippen molar-refractivity contribution in [3.63, 3.8) is 0 Å². The second kappa shape index (κ2) is 6.80. The van der Waals surface area contributed by atoms with Crippen molar-refractivity contribution in [2.75, 3.05) is 19.0 Å². The highest BCUT2D eigenvalue weighted by molar-refractivity contribution is 7.20. The van der Waals surface area contributed by atoms with Crippen LogP contribution in [0.4, 0.5) is 5.82 Å². The molecule has 2 N–H and O–H groups in total. The lowest BCUT2D eigenvalue weighted by molar-refractivity contribution is 0.0954. The van der Waals surface area contributed by atoms with Crippen LogP contribution >= 0.6 is 11.3 Å². The van der Waals surface area contributed by atoms with Crippen LogP contribution in [0.15, 0.2) is 6.33 Å². The highest BCUT2D eigenvalue weighted by atomic mass is 32.1. The van der Waals surface area contributed by atoms with Crippen LogP contribution in [0.3, 0.4) is 0 Å². The predicted octanol–water partition coefficient (Wildman–Crippen LogP) is 2.73. The van der Waals surface area contributed by atoms with E-state index in [9.17, 15) is 4.79 Å². The zero-order valence-corrected chi connectivity index (χ0v) is 14.5. The molecule has 1 fully saturated rings. The van der Waals surface area contributed by atoms with Gasteiger partial charge < -0.3 is 15.4 Å². The summed E-state index contributed by atoms with van der Waals surface area (Å²) in [5.41, 5.74) is 0.943. The first-order chi connectivity index (χ1) is 11.1. The third-order valence-electron chi connectivity index (χ3n) is 4.05. The Balaban J connectivity index is 1.92. The number of methoxy groups -OCH3 is 1. The molecular formula is C16H22N4O2S. The van der Waals surface area contributed by atoms with Crippen LogP contribution in [-0.4, -0.2) is 41.7 Å². The summed E-state index contributed by atoms with van der Waals surface area (Å²) in [6.07, 6.45) is 4.63. The minimum atomic E-state index is 0.00267. The van der Waals surface area contributed by atoms with E-state index in [1.54, 1.807) is 13.4 Å². The summed E-state index contributed by atoms with van der Waals surface area (Å²) in [7, 11) is 1.69. The highest BCUT2D eigenvalue weighted by Gasteiger charge is 2.26. The van der Waals surface area contributed by atoms with Gasteiger partial charge in [0.25, 0.3) is 5.91 Å².